The van der Waals surface area contributed by atoms with Crippen LogP contribution in [0, 0.1) is 12.8 Å². The maximum absolute atomic E-state index is 6.35. The normalized spacial score (nSPS) is 15.8. The van der Waals surface area contributed by atoms with E-state index in [2.05, 4.69) is 12.1 Å². The molecule has 0 amide bonds. The molecule has 0 aromatic heterocycles. The second kappa shape index (κ2) is 6.08. The van der Waals surface area contributed by atoms with Crippen molar-refractivity contribution in [2.75, 3.05) is 0 Å². The number of benzene rings is 2. The summed E-state index contributed by atoms with van der Waals surface area (Å²) in [5.74, 6) is 1.43. The SMILES string of the molecule is Cc1cc(OCc2ccccc2)c(C(N)C2CC2)cc1Cl. The molecule has 1 unspecified atom stereocenters. The zero-order valence-electron chi connectivity index (χ0n) is 12.2. The number of halogens is 1. The predicted molar refractivity (Wildman–Crippen MR) is 86.6 cm³/mol. The van der Waals surface area contributed by atoms with Crippen molar-refractivity contribution in [2.24, 2.45) is 11.7 Å². The van der Waals surface area contributed by atoms with E-state index in [1.807, 2.05) is 37.3 Å². The smallest absolute Gasteiger partial charge is 0.124 e. The van der Waals surface area contributed by atoms with Gasteiger partial charge in [0.1, 0.15) is 12.4 Å². The second-order valence-electron chi connectivity index (χ2n) is 5.78. The molecule has 1 saturated carbocycles. The van der Waals surface area contributed by atoms with E-state index in [1.165, 1.54) is 12.8 Å². The van der Waals surface area contributed by atoms with Crippen LogP contribution in [0.25, 0.3) is 0 Å². The maximum Gasteiger partial charge on any atom is 0.124 e. The summed E-state index contributed by atoms with van der Waals surface area (Å²) in [5, 5.41) is 0.758. The van der Waals surface area contributed by atoms with Crippen molar-refractivity contribution in [1.82, 2.24) is 0 Å². The number of aryl methyl sites for hydroxylation is 1. The summed E-state index contributed by atoms with van der Waals surface area (Å²) in [6, 6.07) is 14.2. The van der Waals surface area contributed by atoms with Crippen LogP contribution < -0.4 is 10.5 Å². The Morgan fingerprint density at radius 1 is 1.24 bits per heavy atom. The fourth-order valence-electron chi connectivity index (χ4n) is 2.50. The Balaban J connectivity index is 1.83. The second-order valence-corrected chi connectivity index (χ2v) is 6.18. The Labute approximate surface area is 130 Å². The molecule has 2 nitrogen and oxygen atoms in total. The van der Waals surface area contributed by atoms with Crippen molar-refractivity contribution in [3.8, 4) is 5.75 Å². The van der Waals surface area contributed by atoms with Crippen LogP contribution >= 0.6 is 11.6 Å². The van der Waals surface area contributed by atoms with Crippen LogP contribution in [-0.4, -0.2) is 0 Å². The molecule has 110 valence electrons. The van der Waals surface area contributed by atoms with Crippen molar-refractivity contribution in [1.29, 1.82) is 0 Å². The summed E-state index contributed by atoms with van der Waals surface area (Å²) in [4.78, 5) is 0. The molecule has 21 heavy (non-hydrogen) atoms. The summed E-state index contributed by atoms with van der Waals surface area (Å²) in [6.07, 6.45) is 2.40. The van der Waals surface area contributed by atoms with Crippen LogP contribution in [0.4, 0.5) is 0 Å². The van der Waals surface area contributed by atoms with E-state index < -0.39 is 0 Å². The van der Waals surface area contributed by atoms with Gasteiger partial charge >= 0.3 is 0 Å². The zero-order valence-corrected chi connectivity index (χ0v) is 12.9. The average molecular weight is 302 g/mol. The molecule has 0 heterocycles. The highest BCUT2D eigenvalue weighted by Crippen LogP contribution is 2.43. The molecular formula is C18H20ClNO. The first-order chi connectivity index (χ1) is 10.1. The number of hydrogen-bond acceptors (Lipinski definition) is 2. The van der Waals surface area contributed by atoms with Gasteiger partial charge in [-0.05, 0) is 48.9 Å². The van der Waals surface area contributed by atoms with Gasteiger partial charge in [0.2, 0.25) is 0 Å². The third-order valence-corrected chi connectivity index (χ3v) is 4.42. The lowest BCUT2D eigenvalue weighted by molar-refractivity contribution is 0.300. The lowest BCUT2D eigenvalue weighted by atomic mass is 10.0. The fourth-order valence-corrected chi connectivity index (χ4v) is 2.67. The van der Waals surface area contributed by atoms with Gasteiger partial charge in [-0.3, -0.25) is 0 Å². The molecule has 0 spiro atoms. The Morgan fingerprint density at radius 3 is 2.62 bits per heavy atom. The Bertz CT molecular complexity index is 623. The quantitative estimate of drug-likeness (QED) is 0.873. The third kappa shape index (κ3) is 3.39. The number of hydrogen-bond donors (Lipinski definition) is 1. The highest BCUT2D eigenvalue weighted by molar-refractivity contribution is 6.31. The van der Waals surface area contributed by atoms with E-state index in [1.54, 1.807) is 0 Å². The topological polar surface area (TPSA) is 35.2 Å². The van der Waals surface area contributed by atoms with Gasteiger partial charge in [0.25, 0.3) is 0 Å². The third-order valence-electron chi connectivity index (χ3n) is 4.02. The fraction of sp³-hybridized carbons (Fsp3) is 0.333. The number of ether oxygens (including phenoxy) is 1. The van der Waals surface area contributed by atoms with E-state index in [0.717, 1.165) is 27.5 Å². The molecule has 2 aromatic rings. The van der Waals surface area contributed by atoms with Crippen LogP contribution in [0.1, 0.15) is 35.6 Å². The van der Waals surface area contributed by atoms with Gasteiger partial charge in [-0.1, -0.05) is 41.9 Å². The molecule has 2 N–H and O–H groups in total. The molecule has 0 radical (unpaired) electrons. The first-order valence-electron chi connectivity index (χ1n) is 7.37. The minimum absolute atomic E-state index is 0.0221. The summed E-state index contributed by atoms with van der Waals surface area (Å²) in [7, 11) is 0. The van der Waals surface area contributed by atoms with Gasteiger partial charge in [0.15, 0.2) is 0 Å². The molecular weight excluding hydrogens is 282 g/mol. The molecule has 1 fully saturated rings. The van der Waals surface area contributed by atoms with Crippen molar-refractivity contribution >= 4 is 11.6 Å². The molecule has 2 aromatic carbocycles. The molecule has 1 aliphatic carbocycles. The van der Waals surface area contributed by atoms with Crippen LogP contribution in [0.2, 0.25) is 5.02 Å². The molecule has 0 saturated heterocycles. The average Bonchev–Trinajstić information content (AvgIpc) is 3.33. The van der Waals surface area contributed by atoms with Gasteiger partial charge in [-0.15, -0.1) is 0 Å². The van der Waals surface area contributed by atoms with Crippen LogP contribution in [-0.2, 0) is 6.61 Å². The minimum atomic E-state index is 0.0221. The minimum Gasteiger partial charge on any atom is -0.489 e. The lowest BCUT2D eigenvalue weighted by Crippen LogP contribution is -2.14. The van der Waals surface area contributed by atoms with E-state index >= 15 is 0 Å². The van der Waals surface area contributed by atoms with E-state index in [9.17, 15) is 0 Å². The van der Waals surface area contributed by atoms with Crippen molar-refractivity contribution in [3.63, 3.8) is 0 Å². The van der Waals surface area contributed by atoms with Crippen LogP contribution in [0.5, 0.6) is 5.75 Å². The largest absolute Gasteiger partial charge is 0.489 e. The lowest BCUT2D eigenvalue weighted by Gasteiger charge is -2.18. The predicted octanol–water partition coefficient (Wildman–Crippen LogP) is 4.64. The van der Waals surface area contributed by atoms with Gasteiger partial charge in [-0.2, -0.15) is 0 Å². The standard InChI is InChI=1S/C18H20ClNO/c1-12-9-17(21-11-13-5-3-2-4-6-13)15(10-16(12)19)18(20)14-7-8-14/h2-6,9-10,14,18H,7-8,11,20H2,1H3. The van der Waals surface area contributed by atoms with E-state index in [4.69, 9.17) is 22.1 Å². The Kier molecular flexibility index (Phi) is 4.18. The van der Waals surface area contributed by atoms with Crippen molar-refractivity contribution < 1.29 is 4.74 Å². The molecule has 3 rings (SSSR count). The molecule has 1 aliphatic rings. The monoisotopic (exact) mass is 301 g/mol. The summed E-state index contributed by atoms with van der Waals surface area (Å²) in [6.45, 7) is 2.54. The Morgan fingerprint density at radius 2 is 1.95 bits per heavy atom. The van der Waals surface area contributed by atoms with Gasteiger partial charge in [0.05, 0.1) is 0 Å². The van der Waals surface area contributed by atoms with Crippen LogP contribution in [0.15, 0.2) is 42.5 Å². The van der Waals surface area contributed by atoms with Crippen LogP contribution in [0.3, 0.4) is 0 Å². The van der Waals surface area contributed by atoms with Crippen molar-refractivity contribution in [3.05, 3.63) is 64.2 Å². The highest BCUT2D eigenvalue weighted by Gasteiger charge is 2.31. The van der Waals surface area contributed by atoms with Gasteiger partial charge in [-0.25, -0.2) is 0 Å². The summed E-state index contributed by atoms with van der Waals surface area (Å²) < 4.78 is 6.02. The zero-order chi connectivity index (χ0) is 14.8. The van der Waals surface area contributed by atoms with E-state index in [0.29, 0.717) is 12.5 Å². The first-order valence-corrected chi connectivity index (χ1v) is 7.75. The van der Waals surface area contributed by atoms with Crippen molar-refractivity contribution in [2.45, 2.75) is 32.4 Å². The maximum atomic E-state index is 6.35. The van der Waals surface area contributed by atoms with E-state index in [-0.39, 0.29) is 6.04 Å². The number of nitrogens with two attached hydrogens (primary N) is 1. The molecule has 0 bridgehead atoms. The summed E-state index contributed by atoms with van der Waals surface area (Å²) >= 11 is 6.26. The first kappa shape index (κ1) is 14.4. The molecule has 3 heteroatoms. The van der Waals surface area contributed by atoms with Gasteiger partial charge in [0, 0.05) is 16.6 Å². The Hall–Kier alpha value is -1.51. The molecule has 1 atom stereocenters. The highest BCUT2D eigenvalue weighted by atomic mass is 35.5. The molecule has 0 aliphatic heterocycles. The summed E-state index contributed by atoms with van der Waals surface area (Å²) in [5.41, 5.74) is 9.55. The van der Waals surface area contributed by atoms with Gasteiger partial charge < -0.3 is 10.5 Å². The number of rotatable bonds is 5.